The topological polar surface area (TPSA) is 328 Å². The summed E-state index contributed by atoms with van der Waals surface area (Å²) in [6.07, 6.45) is -9.67. The Morgan fingerprint density at radius 3 is 2.36 bits per heavy atom. The van der Waals surface area contributed by atoms with Crippen molar-refractivity contribution >= 4 is 44.9 Å². The number of aromatic nitrogens is 6. The molecule has 2 bridgehead atoms. The van der Waals surface area contributed by atoms with Gasteiger partial charge in [0.1, 0.15) is 54.3 Å². The number of phosphoric acid groups is 2. The molecule has 3 unspecified atom stereocenters. The van der Waals surface area contributed by atoms with Gasteiger partial charge in [-0.1, -0.05) is 0 Å². The summed E-state index contributed by atoms with van der Waals surface area (Å²) in [4.78, 5) is 51.9. The molecule has 244 valence electrons. The van der Waals surface area contributed by atoms with Crippen LogP contribution in [0.1, 0.15) is 24.3 Å². The predicted molar refractivity (Wildman–Crippen MR) is 145 cm³/mol. The first-order valence-electron chi connectivity index (χ1n) is 13.1. The van der Waals surface area contributed by atoms with Gasteiger partial charge in [-0.25, -0.2) is 19.1 Å². The smallest absolute Gasteiger partial charge is 0.387 e. The molecular formula is C20H26N10O13P2. The highest BCUT2D eigenvalue weighted by Gasteiger charge is 2.54. The van der Waals surface area contributed by atoms with E-state index in [1.54, 1.807) is 0 Å². The Labute approximate surface area is 249 Å². The molecule has 0 saturated carbocycles. The van der Waals surface area contributed by atoms with E-state index >= 15 is 0 Å². The largest absolute Gasteiger partial charge is 0.472 e. The fourth-order valence-corrected chi connectivity index (χ4v) is 7.32. The van der Waals surface area contributed by atoms with Crippen LogP contribution >= 0.6 is 15.6 Å². The lowest BCUT2D eigenvalue weighted by atomic mass is 10.1. The second-order valence-electron chi connectivity index (χ2n) is 10.3. The molecule has 3 aromatic heterocycles. The number of hydrogen-bond donors (Lipinski definition) is 8. The number of imidazole rings is 2. The summed E-state index contributed by atoms with van der Waals surface area (Å²) < 4.78 is 61.2. The first-order valence-corrected chi connectivity index (χ1v) is 16.1. The Bertz CT molecular complexity index is 1810. The molecule has 11 atom stereocenters. The number of fused-ring (bicyclic) bond motifs is 5. The van der Waals surface area contributed by atoms with Crippen LogP contribution in [0.2, 0.25) is 0 Å². The minimum absolute atomic E-state index is 0.125. The average Bonchev–Trinajstić information content (AvgIpc) is 3.72. The molecule has 0 radical (unpaired) electrons. The van der Waals surface area contributed by atoms with Crippen molar-refractivity contribution in [2.24, 2.45) is 10.7 Å². The van der Waals surface area contributed by atoms with E-state index in [9.17, 15) is 33.9 Å². The van der Waals surface area contributed by atoms with E-state index in [1.807, 2.05) is 0 Å². The van der Waals surface area contributed by atoms with Crippen LogP contribution in [0.4, 0.5) is 11.8 Å². The van der Waals surface area contributed by atoms with E-state index in [-0.39, 0.29) is 17.1 Å². The fraction of sp³-hybridized carbons (Fsp3) is 0.550. The van der Waals surface area contributed by atoms with Gasteiger partial charge in [0.2, 0.25) is 5.95 Å². The number of anilines is 2. The third-order valence-corrected chi connectivity index (χ3v) is 9.44. The van der Waals surface area contributed by atoms with E-state index < -0.39 is 89.7 Å². The van der Waals surface area contributed by atoms with Crippen molar-refractivity contribution in [1.29, 1.82) is 0 Å². The lowest BCUT2D eigenvalue weighted by Gasteiger charge is -2.25. The van der Waals surface area contributed by atoms with Crippen LogP contribution in [0.15, 0.2) is 22.4 Å². The lowest BCUT2D eigenvalue weighted by Crippen LogP contribution is -2.36. The summed E-state index contributed by atoms with van der Waals surface area (Å²) in [5.41, 5.74) is 10.9. The first-order chi connectivity index (χ1) is 21.3. The number of hydrogen-bond acceptors (Lipinski definition) is 18. The van der Waals surface area contributed by atoms with Crippen LogP contribution in [-0.2, 0) is 36.7 Å². The second kappa shape index (κ2) is 11.0. The monoisotopic (exact) mass is 676 g/mol. The number of ether oxygens (including phenoxy) is 2. The molecule has 7 heterocycles. The Balaban J connectivity index is 1.19. The van der Waals surface area contributed by atoms with Crippen LogP contribution in [0.5, 0.6) is 0 Å². The van der Waals surface area contributed by atoms with Crippen molar-refractivity contribution < 1.29 is 56.7 Å². The lowest BCUT2D eigenvalue weighted by molar-refractivity contribution is -0.0674. The van der Waals surface area contributed by atoms with Gasteiger partial charge in [0, 0.05) is 0 Å². The summed E-state index contributed by atoms with van der Waals surface area (Å²) >= 11 is 0. The van der Waals surface area contributed by atoms with Crippen LogP contribution < -0.4 is 22.3 Å². The van der Waals surface area contributed by atoms with Crippen molar-refractivity contribution in [3.8, 4) is 0 Å². The molecule has 4 aliphatic rings. The number of rotatable bonds is 2. The number of nitrogens with two attached hydrogens (primary N) is 2. The molecule has 0 spiro atoms. The number of phosphoric ester groups is 2. The molecule has 10 N–H and O–H groups in total. The molecule has 0 aromatic carbocycles. The summed E-state index contributed by atoms with van der Waals surface area (Å²) in [5, 5.41) is 25.0. The number of nitrogen functional groups attached to an aromatic ring is 1. The molecule has 23 nitrogen and oxygen atoms in total. The Morgan fingerprint density at radius 1 is 0.933 bits per heavy atom. The fourth-order valence-electron chi connectivity index (χ4n) is 5.42. The number of aliphatic hydroxyl groups excluding tert-OH is 2. The van der Waals surface area contributed by atoms with Crippen molar-refractivity contribution in [3.63, 3.8) is 0 Å². The minimum atomic E-state index is -5.10. The maximum atomic E-state index is 13.2. The van der Waals surface area contributed by atoms with Gasteiger partial charge in [-0.05, 0) is 0 Å². The third kappa shape index (κ3) is 5.40. The van der Waals surface area contributed by atoms with E-state index in [2.05, 4.69) is 30.2 Å². The molecule has 3 fully saturated rings. The Kier molecular flexibility index (Phi) is 7.44. The van der Waals surface area contributed by atoms with Crippen molar-refractivity contribution in [1.82, 2.24) is 29.1 Å². The van der Waals surface area contributed by atoms with Gasteiger partial charge in [0.05, 0.1) is 32.2 Å². The standard InChI is InChI=1S/C20H26N10O13P2/c21-14-8-15(24-3-23-14)29(4-25-8)18-11(32)12-7(41-18)2-39-45(36,37)43-13-10(31)6(1-38-44(34,35)42-12)40-19(13)30-5-26-9-16(30)27-20(22)28-17(9)33/h3-7,10-14,18-19,31-32H,1-2,21H2,(H,23,24)(H,34,35)(H,36,37)(H3,22,27,28,33)/t6-,7-,10-,11-,12-,13-,14?,18-,19-/m1/s1. The third-order valence-electron chi connectivity index (χ3n) is 7.47. The van der Waals surface area contributed by atoms with Gasteiger partial charge in [0.15, 0.2) is 23.6 Å². The Morgan fingerprint density at radius 2 is 1.60 bits per heavy atom. The predicted octanol–water partition coefficient (Wildman–Crippen LogP) is -2.46. The van der Waals surface area contributed by atoms with Crippen LogP contribution in [0, 0.1) is 0 Å². The number of H-pyrrole nitrogens is 1. The first kappa shape index (κ1) is 30.5. The number of aromatic amines is 1. The molecule has 0 amide bonds. The molecule has 25 heteroatoms. The highest BCUT2D eigenvalue weighted by Crippen LogP contribution is 2.53. The van der Waals surface area contributed by atoms with Crippen LogP contribution in [-0.4, -0.2) is 105 Å². The average molecular weight is 676 g/mol. The SMILES string of the molecule is Nc1nc2c(ncn2[C@@H]2O[C@@H]3COP(=O)(O)O[C@H]4[C@@H](O)[C@H](n5cnc6c5NC=NC6N)O[C@@H]4COP(=O)(O)O[C@@H]2[C@@H]3O)c(=O)[nH]1. The molecular weight excluding hydrogens is 650 g/mol. The van der Waals surface area contributed by atoms with Crippen molar-refractivity contribution in [2.75, 3.05) is 24.3 Å². The number of aliphatic hydroxyl groups is 2. The van der Waals surface area contributed by atoms with Gasteiger partial charge in [-0.3, -0.25) is 42.0 Å². The van der Waals surface area contributed by atoms with Gasteiger partial charge in [-0.15, -0.1) is 0 Å². The zero-order valence-electron chi connectivity index (χ0n) is 22.5. The summed E-state index contributed by atoms with van der Waals surface area (Å²) in [6, 6.07) is 0. The quantitative estimate of drug-likeness (QED) is 0.130. The molecule has 7 rings (SSSR count). The number of aliphatic imine (C=N–C) groups is 1. The normalized spacial score (nSPS) is 40.2. The summed E-state index contributed by atoms with van der Waals surface area (Å²) in [5.74, 6) is 0.0197. The highest BCUT2D eigenvalue weighted by molar-refractivity contribution is 7.47. The molecule has 4 aliphatic heterocycles. The number of nitrogens with one attached hydrogen (secondary N) is 2. The molecule has 0 aliphatic carbocycles. The van der Waals surface area contributed by atoms with Gasteiger partial charge < -0.3 is 46.3 Å². The van der Waals surface area contributed by atoms with Gasteiger partial charge in [-0.2, -0.15) is 4.98 Å². The zero-order chi connectivity index (χ0) is 31.8. The Hall–Kier alpha value is -3.15. The van der Waals surface area contributed by atoms with Crippen molar-refractivity contribution in [2.45, 2.75) is 55.2 Å². The molecule has 45 heavy (non-hydrogen) atoms. The van der Waals surface area contributed by atoms with Crippen molar-refractivity contribution in [3.05, 3.63) is 28.7 Å². The molecule has 3 aromatic rings. The van der Waals surface area contributed by atoms with Gasteiger partial charge >= 0.3 is 15.6 Å². The van der Waals surface area contributed by atoms with E-state index in [4.69, 9.17) is 39.0 Å². The molecule has 3 saturated heterocycles. The van der Waals surface area contributed by atoms with Crippen LogP contribution in [0.3, 0.4) is 0 Å². The van der Waals surface area contributed by atoms with E-state index in [1.165, 1.54) is 17.2 Å². The van der Waals surface area contributed by atoms with E-state index in [0.29, 0.717) is 11.5 Å². The minimum Gasteiger partial charge on any atom is -0.387 e. The van der Waals surface area contributed by atoms with Crippen LogP contribution in [0.25, 0.3) is 11.2 Å². The maximum Gasteiger partial charge on any atom is 0.472 e. The maximum absolute atomic E-state index is 13.2. The zero-order valence-corrected chi connectivity index (χ0v) is 24.3. The summed E-state index contributed by atoms with van der Waals surface area (Å²) in [7, 11) is -10.2. The summed E-state index contributed by atoms with van der Waals surface area (Å²) in [6.45, 7) is -1.63. The highest BCUT2D eigenvalue weighted by atomic mass is 31.2. The second-order valence-corrected chi connectivity index (χ2v) is 13.1. The van der Waals surface area contributed by atoms with Gasteiger partial charge in [0.25, 0.3) is 5.56 Å². The van der Waals surface area contributed by atoms with E-state index in [0.717, 1.165) is 10.9 Å². The number of nitrogens with zero attached hydrogens (tertiary/aromatic N) is 6.